The van der Waals surface area contributed by atoms with Crippen molar-refractivity contribution in [3.8, 4) is 5.69 Å². The predicted octanol–water partition coefficient (Wildman–Crippen LogP) is 2.66. The molecule has 1 aromatic heterocycles. The highest BCUT2D eigenvalue weighted by atomic mass is 19.1. The van der Waals surface area contributed by atoms with E-state index in [1.165, 1.54) is 12.1 Å². The molecule has 0 radical (unpaired) electrons. The lowest BCUT2D eigenvalue weighted by atomic mass is 9.93. The van der Waals surface area contributed by atoms with Crippen molar-refractivity contribution in [2.45, 2.75) is 51.7 Å². The standard InChI is InChI=1S/C18H22FN3O2/c1-11-17(18(24)20-14-5-9-16(23)10-6-14)12(2)22(21-11)15-7-3-13(19)4-8-15/h3-4,7-8,14,16,23H,5-6,9-10H2,1-2H3,(H,20,24). The van der Waals surface area contributed by atoms with Crippen LogP contribution in [0.2, 0.25) is 0 Å². The molecule has 1 aliphatic rings. The summed E-state index contributed by atoms with van der Waals surface area (Å²) in [5.41, 5.74) is 2.65. The average molecular weight is 331 g/mol. The number of carbonyl (C=O) groups is 1. The van der Waals surface area contributed by atoms with Crippen molar-refractivity contribution in [1.82, 2.24) is 15.1 Å². The molecule has 128 valence electrons. The number of halogens is 1. The maximum atomic E-state index is 13.1. The first-order valence-electron chi connectivity index (χ1n) is 8.27. The van der Waals surface area contributed by atoms with Gasteiger partial charge in [-0.2, -0.15) is 5.10 Å². The second-order valence-corrected chi connectivity index (χ2v) is 6.41. The molecule has 1 aromatic carbocycles. The van der Waals surface area contributed by atoms with Gasteiger partial charge in [-0.1, -0.05) is 0 Å². The monoisotopic (exact) mass is 331 g/mol. The Kier molecular flexibility index (Phi) is 4.66. The number of aryl methyl sites for hydroxylation is 1. The zero-order valence-electron chi connectivity index (χ0n) is 13.9. The third-order valence-corrected chi connectivity index (χ3v) is 4.62. The lowest BCUT2D eigenvalue weighted by molar-refractivity contribution is 0.0866. The Balaban J connectivity index is 1.81. The molecule has 1 saturated carbocycles. The molecule has 1 fully saturated rings. The largest absolute Gasteiger partial charge is 0.393 e. The van der Waals surface area contributed by atoms with E-state index >= 15 is 0 Å². The Morgan fingerprint density at radius 3 is 2.46 bits per heavy atom. The molecule has 0 unspecified atom stereocenters. The molecule has 0 saturated heterocycles. The van der Waals surface area contributed by atoms with Crippen molar-refractivity contribution in [2.75, 3.05) is 0 Å². The first-order valence-corrected chi connectivity index (χ1v) is 8.27. The molecule has 0 bridgehead atoms. The number of nitrogens with one attached hydrogen (secondary N) is 1. The van der Waals surface area contributed by atoms with Crippen LogP contribution in [0, 0.1) is 19.7 Å². The Morgan fingerprint density at radius 2 is 1.83 bits per heavy atom. The van der Waals surface area contributed by atoms with Crippen LogP contribution >= 0.6 is 0 Å². The summed E-state index contributed by atoms with van der Waals surface area (Å²) < 4.78 is 14.8. The maximum absolute atomic E-state index is 13.1. The van der Waals surface area contributed by atoms with Gasteiger partial charge in [0, 0.05) is 6.04 Å². The van der Waals surface area contributed by atoms with E-state index in [2.05, 4.69) is 10.4 Å². The zero-order chi connectivity index (χ0) is 17.3. The summed E-state index contributed by atoms with van der Waals surface area (Å²) in [6.07, 6.45) is 2.77. The SMILES string of the molecule is Cc1nn(-c2ccc(F)cc2)c(C)c1C(=O)NC1CCC(O)CC1. The molecule has 1 amide bonds. The number of amides is 1. The van der Waals surface area contributed by atoms with Crippen LogP contribution in [0.4, 0.5) is 4.39 Å². The van der Waals surface area contributed by atoms with Crippen molar-refractivity contribution in [3.63, 3.8) is 0 Å². The van der Waals surface area contributed by atoms with E-state index in [9.17, 15) is 14.3 Å². The first kappa shape index (κ1) is 16.6. The van der Waals surface area contributed by atoms with Crippen LogP contribution in [0.5, 0.6) is 0 Å². The second-order valence-electron chi connectivity index (χ2n) is 6.41. The average Bonchev–Trinajstić information content (AvgIpc) is 2.85. The molecule has 3 rings (SSSR count). The molecular formula is C18H22FN3O2. The Hall–Kier alpha value is -2.21. The normalized spacial score (nSPS) is 20.8. The van der Waals surface area contributed by atoms with Crippen LogP contribution in [0.1, 0.15) is 47.4 Å². The summed E-state index contributed by atoms with van der Waals surface area (Å²) in [5, 5.41) is 17.0. The Bertz CT molecular complexity index is 731. The smallest absolute Gasteiger partial charge is 0.255 e. The number of rotatable bonds is 3. The Morgan fingerprint density at radius 1 is 1.21 bits per heavy atom. The van der Waals surface area contributed by atoms with Crippen LogP contribution in [0.3, 0.4) is 0 Å². The van der Waals surface area contributed by atoms with Crippen LogP contribution in [0.15, 0.2) is 24.3 Å². The van der Waals surface area contributed by atoms with Gasteiger partial charge in [-0.05, 0) is 63.8 Å². The van der Waals surface area contributed by atoms with Gasteiger partial charge in [-0.15, -0.1) is 0 Å². The van der Waals surface area contributed by atoms with Crippen LogP contribution < -0.4 is 5.32 Å². The molecule has 2 aromatic rings. The van der Waals surface area contributed by atoms with Gasteiger partial charge in [0.2, 0.25) is 0 Å². The second kappa shape index (κ2) is 6.73. The summed E-state index contributed by atoms with van der Waals surface area (Å²) >= 11 is 0. The molecule has 5 nitrogen and oxygen atoms in total. The number of aliphatic hydroxyl groups excluding tert-OH is 1. The lowest BCUT2D eigenvalue weighted by Gasteiger charge is -2.26. The van der Waals surface area contributed by atoms with E-state index in [1.54, 1.807) is 23.7 Å². The highest BCUT2D eigenvalue weighted by Gasteiger charge is 2.24. The maximum Gasteiger partial charge on any atom is 0.255 e. The highest BCUT2D eigenvalue weighted by Crippen LogP contribution is 2.21. The van der Waals surface area contributed by atoms with Gasteiger partial charge in [0.1, 0.15) is 5.82 Å². The number of hydrogen-bond acceptors (Lipinski definition) is 3. The number of aliphatic hydroxyl groups is 1. The number of nitrogens with zero attached hydrogens (tertiary/aromatic N) is 2. The van der Waals surface area contributed by atoms with Crippen molar-refractivity contribution in [3.05, 3.63) is 47.0 Å². The van der Waals surface area contributed by atoms with Gasteiger partial charge in [-0.25, -0.2) is 9.07 Å². The summed E-state index contributed by atoms with van der Waals surface area (Å²) in [7, 11) is 0. The summed E-state index contributed by atoms with van der Waals surface area (Å²) in [6, 6.07) is 6.12. The third-order valence-electron chi connectivity index (χ3n) is 4.62. The van der Waals surface area contributed by atoms with Crippen molar-refractivity contribution in [2.24, 2.45) is 0 Å². The summed E-state index contributed by atoms with van der Waals surface area (Å²) in [4.78, 5) is 12.6. The minimum absolute atomic E-state index is 0.0915. The minimum atomic E-state index is -0.308. The van der Waals surface area contributed by atoms with Gasteiger partial charge in [-0.3, -0.25) is 4.79 Å². The fourth-order valence-corrected chi connectivity index (χ4v) is 3.28. The van der Waals surface area contributed by atoms with Crippen LogP contribution in [0.25, 0.3) is 5.69 Å². The third kappa shape index (κ3) is 3.33. The number of aromatic nitrogens is 2. The first-order chi connectivity index (χ1) is 11.5. The van der Waals surface area contributed by atoms with Gasteiger partial charge in [0.25, 0.3) is 5.91 Å². The quantitative estimate of drug-likeness (QED) is 0.909. The van der Waals surface area contributed by atoms with E-state index in [1.807, 2.05) is 6.92 Å². The number of hydrogen-bond donors (Lipinski definition) is 2. The summed E-state index contributed by atoms with van der Waals surface area (Å²) in [5.74, 6) is -0.447. The van der Waals surface area contributed by atoms with E-state index in [-0.39, 0.29) is 23.9 Å². The fourth-order valence-electron chi connectivity index (χ4n) is 3.28. The molecule has 0 atom stereocenters. The highest BCUT2D eigenvalue weighted by molar-refractivity contribution is 5.96. The van der Waals surface area contributed by atoms with E-state index in [0.29, 0.717) is 11.3 Å². The number of benzene rings is 1. The zero-order valence-corrected chi connectivity index (χ0v) is 13.9. The van der Waals surface area contributed by atoms with Crippen molar-refractivity contribution in [1.29, 1.82) is 0 Å². The van der Waals surface area contributed by atoms with Crippen LogP contribution in [-0.2, 0) is 0 Å². The molecule has 1 aliphatic carbocycles. The predicted molar refractivity (Wildman–Crippen MR) is 88.7 cm³/mol. The molecule has 24 heavy (non-hydrogen) atoms. The topological polar surface area (TPSA) is 67.2 Å². The van der Waals surface area contributed by atoms with Gasteiger partial charge in [0.05, 0.1) is 28.7 Å². The van der Waals surface area contributed by atoms with Gasteiger partial charge < -0.3 is 10.4 Å². The van der Waals surface area contributed by atoms with Crippen molar-refractivity contribution >= 4 is 5.91 Å². The molecular weight excluding hydrogens is 309 g/mol. The minimum Gasteiger partial charge on any atom is -0.393 e. The van der Waals surface area contributed by atoms with E-state index in [0.717, 1.165) is 37.1 Å². The van der Waals surface area contributed by atoms with Crippen LogP contribution in [-0.4, -0.2) is 32.9 Å². The molecule has 0 spiro atoms. The summed E-state index contributed by atoms with van der Waals surface area (Å²) in [6.45, 7) is 3.63. The van der Waals surface area contributed by atoms with Crippen molar-refractivity contribution < 1.29 is 14.3 Å². The molecule has 0 aliphatic heterocycles. The number of carbonyl (C=O) groups excluding carboxylic acids is 1. The van der Waals surface area contributed by atoms with Gasteiger partial charge >= 0.3 is 0 Å². The van der Waals surface area contributed by atoms with E-state index < -0.39 is 0 Å². The van der Waals surface area contributed by atoms with Gasteiger partial charge in [0.15, 0.2) is 0 Å². The Labute approximate surface area is 140 Å². The fraction of sp³-hybridized carbons (Fsp3) is 0.444. The van der Waals surface area contributed by atoms with E-state index in [4.69, 9.17) is 0 Å². The molecule has 1 heterocycles. The lowest BCUT2D eigenvalue weighted by Crippen LogP contribution is -2.39. The molecule has 6 heteroatoms. The molecule has 2 N–H and O–H groups in total.